The van der Waals surface area contributed by atoms with Crippen LogP contribution in [0.25, 0.3) is 0 Å². The minimum absolute atomic E-state index is 0.107. The standard InChI is InChI=1S/C13H22N2O5/c1-13(2,3)20-12(18)15-9(11(17)19-4)7-8-5-6-14-10(8)16/h8-9H,5-7H2,1-4H3,(H,14,16)(H,15,18)/t8-,9?/m0/s1. The van der Waals surface area contributed by atoms with E-state index in [9.17, 15) is 14.4 Å². The second-order valence-electron chi connectivity index (χ2n) is 5.73. The van der Waals surface area contributed by atoms with E-state index in [0.29, 0.717) is 13.0 Å². The average molecular weight is 286 g/mol. The van der Waals surface area contributed by atoms with E-state index in [1.807, 2.05) is 0 Å². The fourth-order valence-corrected chi connectivity index (χ4v) is 1.96. The quantitative estimate of drug-likeness (QED) is 0.737. The molecule has 0 aromatic carbocycles. The molecule has 2 amide bonds. The largest absolute Gasteiger partial charge is 0.467 e. The summed E-state index contributed by atoms with van der Waals surface area (Å²) in [5.74, 6) is -0.991. The normalized spacial score (nSPS) is 20.0. The molecule has 2 N–H and O–H groups in total. The lowest BCUT2D eigenvalue weighted by Gasteiger charge is -2.23. The molecule has 0 bridgehead atoms. The van der Waals surface area contributed by atoms with Gasteiger partial charge in [0.05, 0.1) is 7.11 Å². The van der Waals surface area contributed by atoms with Crippen molar-refractivity contribution in [1.29, 1.82) is 0 Å². The molecule has 2 atom stereocenters. The van der Waals surface area contributed by atoms with Crippen molar-refractivity contribution in [3.05, 3.63) is 0 Å². The Hall–Kier alpha value is -1.79. The lowest BCUT2D eigenvalue weighted by Crippen LogP contribution is -2.45. The first-order chi connectivity index (χ1) is 9.23. The Morgan fingerprint density at radius 2 is 2.10 bits per heavy atom. The van der Waals surface area contributed by atoms with Gasteiger partial charge in [0.15, 0.2) is 0 Å². The minimum Gasteiger partial charge on any atom is -0.467 e. The SMILES string of the molecule is COC(=O)C(C[C@@H]1CCNC1=O)NC(=O)OC(C)(C)C. The zero-order valence-corrected chi connectivity index (χ0v) is 12.3. The van der Waals surface area contributed by atoms with E-state index in [2.05, 4.69) is 15.4 Å². The summed E-state index contributed by atoms with van der Waals surface area (Å²) in [7, 11) is 1.24. The molecule has 0 radical (unpaired) electrons. The maximum Gasteiger partial charge on any atom is 0.408 e. The van der Waals surface area contributed by atoms with Gasteiger partial charge in [-0.1, -0.05) is 0 Å². The Morgan fingerprint density at radius 3 is 2.55 bits per heavy atom. The Kier molecular flexibility index (Phi) is 5.35. The highest BCUT2D eigenvalue weighted by atomic mass is 16.6. The molecule has 7 heteroatoms. The highest BCUT2D eigenvalue weighted by molar-refractivity contribution is 5.84. The van der Waals surface area contributed by atoms with Gasteiger partial charge in [-0.3, -0.25) is 4.79 Å². The number of alkyl carbamates (subject to hydrolysis) is 1. The molecular formula is C13H22N2O5. The Labute approximate surface area is 118 Å². The van der Waals surface area contributed by atoms with Gasteiger partial charge in [0.25, 0.3) is 0 Å². The number of methoxy groups -OCH3 is 1. The van der Waals surface area contributed by atoms with Crippen molar-refractivity contribution >= 4 is 18.0 Å². The molecule has 1 aliphatic heterocycles. The first-order valence-corrected chi connectivity index (χ1v) is 6.58. The number of esters is 1. The van der Waals surface area contributed by atoms with Gasteiger partial charge in [-0.05, 0) is 33.6 Å². The van der Waals surface area contributed by atoms with Gasteiger partial charge < -0.3 is 20.1 Å². The van der Waals surface area contributed by atoms with E-state index in [1.165, 1.54) is 7.11 Å². The molecule has 1 rings (SSSR count). The summed E-state index contributed by atoms with van der Waals surface area (Å²) in [6.07, 6.45) is 0.145. The molecule has 1 fully saturated rings. The average Bonchev–Trinajstić information content (AvgIpc) is 2.70. The van der Waals surface area contributed by atoms with E-state index >= 15 is 0 Å². The van der Waals surface area contributed by atoms with Crippen molar-refractivity contribution in [2.24, 2.45) is 5.92 Å². The summed E-state index contributed by atoms with van der Waals surface area (Å²) in [6.45, 7) is 5.77. The van der Waals surface area contributed by atoms with Gasteiger partial charge in [0.1, 0.15) is 11.6 Å². The fraction of sp³-hybridized carbons (Fsp3) is 0.769. The summed E-state index contributed by atoms with van der Waals surface area (Å²) in [6, 6.07) is -0.885. The van der Waals surface area contributed by atoms with Crippen molar-refractivity contribution < 1.29 is 23.9 Å². The predicted molar refractivity (Wildman–Crippen MR) is 70.9 cm³/mol. The number of rotatable bonds is 4. The van der Waals surface area contributed by atoms with Crippen molar-refractivity contribution in [2.75, 3.05) is 13.7 Å². The van der Waals surface area contributed by atoms with E-state index in [0.717, 1.165) is 0 Å². The summed E-state index contributed by atoms with van der Waals surface area (Å²) in [4.78, 5) is 34.9. The van der Waals surface area contributed by atoms with E-state index in [1.54, 1.807) is 20.8 Å². The van der Waals surface area contributed by atoms with Crippen LogP contribution in [0.1, 0.15) is 33.6 Å². The molecule has 0 spiro atoms. The van der Waals surface area contributed by atoms with Crippen LogP contribution in [0.4, 0.5) is 4.79 Å². The molecular weight excluding hydrogens is 264 g/mol. The van der Waals surface area contributed by atoms with E-state index in [4.69, 9.17) is 4.74 Å². The second kappa shape index (κ2) is 6.58. The molecule has 1 unspecified atom stereocenters. The van der Waals surface area contributed by atoms with Crippen LogP contribution in [0.15, 0.2) is 0 Å². The lowest BCUT2D eigenvalue weighted by atomic mass is 9.98. The molecule has 20 heavy (non-hydrogen) atoms. The van der Waals surface area contributed by atoms with Crippen molar-refractivity contribution in [3.63, 3.8) is 0 Å². The van der Waals surface area contributed by atoms with Crippen molar-refractivity contribution in [2.45, 2.75) is 45.3 Å². The summed E-state index contributed by atoms with van der Waals surface area (Å²) in [5, 5.41) is 5.14. The molecule has 0 aliphatic carbocycles. The highest BCUT2D eigenvalue weighted by Crippen LogP contribution is 2.17. The third-order valence-corrected chi connectivity index (χ3v) is 2.86. The van der Waals surface area contributed by atoms with E-state index in [-0.39, 0.29) is 18.2 Å². The maximum absolute atomic E-state index is 11.7. The number of carbonyl (C=O) groups is 3. The van der Waals surface area contributed by atoms with Crippen molar-refractivity contribution in [3.8, 4) is 0 Å². The molecule has 1 saturated heterocycles. The van der Waals surface area contributed by atoms with Crippen molar-refractivity contribution in [1.82, 2.24) is 10.6 Å². The van der Waals surface area contributed by atoms with Gasteiger partial charge in [-0.25, -0.2) is 9.59 Å². The number of ether oxygens (including phenoxy) is 2. The van der Waals surface area contributed by atoms with Crippen LogP contribution in [-0.2, 0) is 19.1 Å². The predicted octanol–water partition coefficient (Wildman–Crippen LogP) is 0.579. The van der Waals surface area contributed by atoms with Gasteiger partial charge in [-0.15, -0.1) is 0 Å². The number of amides is 2. The first-order valence-electron chi connectivity index (χ1n) is 6.58. The van der Waals surface area contributed by atoms with Gasteiger partial charge in [-0.2, -0.15) is 0 Å². The molecule has 0 aromatic heterocycles. The van der Waals surface area contributed by atoms with E-state index < -0.39 is 23.7 Å². The number of hydrogen-bond acceptors (Lipinski definition) is 5. The first kappa shape index (κ1) is 16.3. The lowest BCUT2D eigenvalue weighted by molar-refractivity contribution is -0.143. The Balaban J connectivity index is 2.62. The summed E-state index contributed by atoms with van der Waals surface area (Å²) >= 11 is 0. The second-order valence-corrected chi connectivity index (χ2v) is 5.73. The smallest absolute Gasteiger partial charge is 0.408 e. The zero-order chi connectivity index (χ0) is 15.3. The number of carbonyl (C=O) groups excluding carboxylic acids is 3. The highest BCUT2D eigenvalue weighted by Gasteiger charge is 2.32. The van der Waals surface area contributed by atoms with Crippen LogP contribution in [0, 0.1) is 5.92 Å². The third-order valence-electron chi connectivity index (χ3n) is 2.86. The number of nitrogens with one attached hydrogen (secondary N) is 2. The number of hydrogen-bond donors (Lipinski definition) is 2. The molecule has 0 saturated carbocycles. The van der Waals surface area contributed by atoms with Gasteiger partial charge >= 0.3 is 12.1 Å². The van der Waals surface area contributed by atoms with Crippen LogP contribution >= 0.6 is 0 Å². The Bertz CT molecular complexity index is 389. The molecule has 1 heterocycles. The molecule has 7 nitrogen and oxygen atoms in total. The maximum atomic E-state index is 11.7. The van der Waals surface area contributed by atoms with Crippen LogP contribution in [0.5, 0.6) is 0 Å². The molecule has 1 aliphatic rings. The topological polar surface area (TPSA) is 93.7 Å². The molecule has 0 aromatic rings. The Morgan fingerprint density at radius 1 is 1.45 bits per heavy atom. The van der Waals surface area contributed by atoms with Crippen LogP contribution in [-0.4, -0.2) is 43.3 Å². The van der Waals surface area contributed by atoms with Gasteiger partial charge in [0.2, 0.25) is 5.91 Å². The van der Waals surface area contributed by atoms with Crippen LogP contribution in [0.2, 0.25) is 0 Å². The van der Waals surface area contributed by atoms with Gasteiger partial charge in [0, 0.05) is 12.5 Å². The summed E-state index contributed by atoms with van der Waals surface area (Å²) in [5.41, 5.74) is -0.657. The zero-order valence-electron chi connectivity index (χ0n) is 12.3. The molecule has 114 valence electrons. The minimum atomic E-state index is -0.885. The third kappa shape index (κ3) is 5.07. The van der Waals surface area contributed by atoms with Crippen LogP contribution in [0.3, 0.4) is 0 Å². The fourth-order valence-electron chi connectivity index (χ4n) is 1.96. The van der Waals surface area contributed by atoms with Crippen LogP contribution < -0.4 is 10.6 Å². The monoisotopic (exact) mass is 286 g/mol. The summed E-state index contributed by atoms with van der Waals surface area (Å²) < 4.78 is 9.74.